The maximum atomic E-state index is 12.1. The molecule has 3 aromatic rings. The number of aromatic nitrogens is 4. The quantitative estimate of drug-likeness (QED) is 0.544. The van der Waals surface area contributed by atoms with Gasteiger partial charge in [-0.3, -0.25) is 9.48 Å². The molecular formula is C16H14N4O. The molecular weight excluding hydrogens is 264 g/mol. The van der Waals surface area contributed by atoms with Crippen molar-refractivity contribution in [2.45, 2.75) is 0 Å². The smallest absolute Gasteiger partial charge is 0.189 e. The summed E-state index contributed by atoms with van der Waals surface area (Å²) >= 11 is 0. The number of nitrogens with zero attached hydrogens (tertiary/aromatic N) is 4. The molecule has 5 heteroatoms. The average Bonchev–Trinajstić information content (AvgIpc) is 3.15. The number of hydrogen-bond acceptors (Lipinski definition) is 3. The van der Waals surface area contributed by atoms with Gasteiger partial charge in [0.2, 0.25) is 0 Å². The Kier molecular flexibility index (Phi) is 3.47. The zero-order valence-corrected chi connectivity index (χ0v) is 11.5. The molecule has 5 nitrogen and oxygen atoms in total. The topological polar surface area (TPSA) is 52.7 Å². The fraction of sp³-hybridized carbons (Fsp3) is 0.0625. The number of carbonyl (C=O) groups excluding carboxylic acids is 1. The van der Waals surface area contributed by atoms with Crippen LogP contribution in [0.4, 0.5) is 0 Å². The second-order valence-corrected chi connectivity index (χ2v) is 4.59. The molecule has 0 N–H and O–H groups in total. The molecule has 0 saturated heterocycles. The van der Waals surface area contributed by atoms with Crippen molar-refractivity contribution in [2.24, 2.45) is 7.05 Å². The summed E-state index contributed by atoms with van der Waals surface area (Å²) in [5.74, 6) is -0.0848. The Balaban J connectivity index is 1.79. The van der Waals surface area contributed by atoms with Crippen molar-refractivity contribution in [1.82, 2.24) is 19.6 Å². The first-order valence-electron chi connectivity index (χ1n) is 6.54. The SMILES string of the molecule is Cn1nccc1C=CC(=O)c1cnn(-c2ccccc2)c1. The van der Waals surface area contributed by atoms with Gasteiger partial charge < -0.3 is 0 Å². The molecule has 0 saturated carbocycles. The summed E-state index contributed by atoms with van der Waals surface area (Å²) in [5.41, 5.74) is 2.35. The standard InChI is InChI=1S/C16H14N4O/c1-19-14(9-10-17-19)7-8-16(21)13-11-18-20(12-13)15-5-3-2-4-6-15/h2-12H,1H3. The molecule has 1 aromatic carbocycles. The van der Waals surface area contributed by atoms with Gasteiger partial charge in [-0.05, 0) is 30.4 Å². The van der Waals surface area contributed by atoms with Gasteiger partial charge >= 0.3 is 0 Å². The van der Waals surface area contributed by atoms with Crippen LogP contribution in [0.3, 0.4) is 0 Å². The third kappa shape index (κ3) is 2.81. The molecule has 0 atom stereocenters. The molecule has 0 spiro atoms. The summed E-state index contributed by atoms with van der Waals surface area (Å²) in [5, 5.41) is 8.26. The summed E-state index contributed by atoms with van der Waals surface area (Å²) < 4.78 is 3.39. The van der Waals surface area contributed by atoms with Crippen LogP contribution >= 0.6 is 0 Å². The van der Waals surface area contributed by atoms with Crippen molar-refractivity contribution in [2.75, 3.05) is 0 Å². The Morgan fingerprint density at radius 2 is 1.95 bits per heavy atom. The summed E-state index contributed by atoms with van der Waals surface area (Å²) in [6.07, 6.45) is 8.27. The lowest BCUT2D eigenvalue weighted by Crippen LogP contribution is -1.96. The van der Waals surface area contributed by atoms with E-state index in [9.17, 15) is 4.79 Å². The van der Waals surface area contributed by atoms with Gasteiger partial charge in [0.15, 0.2) is 5.78 Å². The van der Waals surface area contributed by atoms with E-state index in [1.807, 2.05) is 43.4 Å². The van der Waals surface area contributed by atoms with Crippen LogP contribution in [0, 0.1) is 0 Å². The van der Waals surface area contributed by atoms with E-state index in [1.165, 1.54) is 6.08 Å². The molecule has 2 heterocycles. The third-order valence-electron chi connectivity index (χ3n) is 3.15. The highest BCUT2D eigenvalue weighted by Gasteiger charge is 2.06. The summed E-state index contributed by atoms with van der Waals surface area (Å²) in [6, 6.07) is 11.5. The Labute approximate surface area is 122 Å². The maximum Gasteiger partial charge on any atom is 0.189 e. The number of carbonyl (C=O) groups is 1. The molecule has 21 heavy (non-hydrogen) atoms. The fourth-order valence-corrected chi connectivity index (χ4v) is 1.98. The van der Waals surface area contributed by atoms with Crippen LogP contribution in [-0.2, 0) is 7.05 Å². The minimum Gasteiger partial charge on any atom is -0.289 e. The predicted octanol–water partition coefficient (Wildman–Crippen LogP) is 2.50. The minimum absolute atomic E-state index is 0.0848. The first-order chi connectivity index (χ1) is 10.2. The van der Waals surface area contributed by atoms with Crippen molar-refractivity contribution in [3.8, 4) is 5.69 Å². The number of benzene rings is 1. The normalized spacial score (nSPS) is 11.1. The van der Waals surface area contributed by atoms with Crippen molar-refractivity contribution >= 4 is 11.9 Å². The van der Waals surface area contributed by atoms with E-state index in [-0.39, 0.29) is 5.78 Å². The lowest BCUT2D eigenvalue weighted by molar-refractivity contribution is 0.104. The van der Waals surface area contributed by atoms with E-state index in [1.54, 1.807) is 34.0 Å². The van der Waals surface area contributed by atoms with Crippen LogP contribution in [0.25, 0.3) is 11.8 Å². The van der Waals surface area contributed by atoms with E-state index in [2.05, 4.69) is 10.2 Å². The van der Waals surface area contributed by atoms with Crippen molar-refractivity contribution in [3.05, 3.63) is 72.3 Å². The zero-order valence-electron chi connectivity index (χ0n) is 11.5. The van der Waals surface area contributed by atoms with Crippen LogP contribution in [0.1, 0.15) is 16.1 Å². The summed E-state index contributed by atoms with van der Waals surface area (Å²) in [7, 11) is 1.83. The first-order valence-corrected chi connectivity index (χ1v) is 6.54. The monoisotopic (exact) mass is 278 g/mol. The summed E-state index contributed by atoms with van der Waals surface area (Å²) in [4.78, 5) is 12.1. The number of allylic oxidation sites excluding steroid dienone is 1. The number of para-hydroxylation sites is 1. The van der Waals surface area contributed by atoms with Crippen LogP contribution in [0.5, 0.6) is 0 Å². The molecule has 0 aliphatic heterocycles. The van der Waals surface area contributed by atoms with Gasteiger partial charge in [-0.25, -0.2) is 4.68 Å². The van der Waals surface area contributed by atoms with Gasteiger partial charge in [0.05, 0.1) is 23.1 Å². The predicted molar refractivity (Wildman–Crippen MR) is 80.1 cm³/mol. The highest BCUT2D eigenvalue weighted by atomic mass is 16.1. The number of ketones is 1. The van der Waals surface area contributed by atoms with E-state index in [4.69, 9.17) is 0 Å². The van der Waals surface area contributed by atoms with Crippen molar-refractivity contribution in [1.29, 1.82) is 0 Å². The van der Waals surface area contributed by atoms with Gasteiger partial charge in [0.1, 0.15) is 0 Å². The average molecular weight is 278 g/mol. The molecule has 0 aliphatic rings. The lowest BCUT2D eigenvalue weighted by atomic mass is 10.2. The maximum absolute atomic E-state index is 12.1. The molecule has 0 amide bonds. The molecule has 2 aromatic heterocycles. The van der Waals surface area contributed by atoms with Crippen LogP contribution < -0.4 is 0 Å². The van der Waals surface area contributed by atoms with Gasteiger partial charge in [0, 0.05) is 19.4 Å². The molecule has 0 radical (unpaired) electrons. The third-order valence-corrected chi connectivity index (χ3v) is 3.15. The largest absolute Gasteiger partial charge is 0.289 e. The van der Waals surface area contributed by atoms with E-state index in [0.29, 0.717) is 5.56 Å². The van der Waals surface area contributed by atoms with E-state index in [0.717, 1.165) is 11.4 Å². The number of rotatable bonds is 4. The Morgan fingerprint density at radius 1 is 1.14 bits per heavy atom. The van der Waals surface area contributed by atoms with Gasteiger partial charge in [-0.2, -0.15) is 10.2 Å². The molecule has 0 aliphatic carbocycles. The molecule has 0 bridgehead atoms. The van der Waals surface area contributed by atoms with E-state index < -0.39 is 0 Å². The molecule has 3 rings (SSSR count). The van der Waals surface area contributed by atoms with Crippen molar-refractivity contribution < 1.29 is 4.79 Å². The molecule has 0 fully saturated rings. The Morgan fingerprint density at radius 3 is 2.67 bits per heavy atom. The van der Waals surface area contributed by atoms with Gasteiger partial charge in [0.25, 0.3) is 0 Å². The minimum atomic E-state index is -0.0848. The molecule has 104 valence electrons. The van der Waals surface area contributed by atoms with Gasteiger partial charge in [-0.15, -0.1) is 0 Å². The molecule has 0 unspecified atom stereocenters. The second-order valence-electron chi connectivity index (χ2n) is 4.59. The van der Waals surface area contributed by atoms with Crippen molar-refractivity contribution in [3.63, 3.8) is 0 Å². The van der Waals surface area contributed by atoms with Crippen LogP contribution in [0.2, 0.25) is 0 Å². The highest BCUT2D eigenvalue weighted by Crippen LogP contribution is 2.09. The van der Waals surface area contributed by atoms with Crippen LogP contribution in [-0.4, -0.2) is 25.3 Å². The zero-order chi connectivity index (χ0) is 14.7. The first kappa shape index (κ1) is 13.1. The number of hydrogen-bond donors (Lipinski definition) is 0. The van der Waals surface area contributed by atoms with Crippen LogP contribution in [0.15, 0.2) is 61.1 Å². The highest BCUT2D eigenvalue weighted by molar-refractivity contribution is 6.06. The summed E-state index contributed by atoms with van der Waals surface area (Å²) in [6.45, 7) is 0. The van der Waals surface area contributed by atoms with E-state index >= 15 is 0 Å². The lowest BCUT2D eigenvalue weighted by Gasteiger charge is -1.98. The second kappa shape index (κ2) is 5.58. The number of aryl methyl sites for hydroxylation is 1. The van der Waals surface area contributed by atoms with Gasteiger partial charge in [-0.1, -0.05) is 18.2 Å². The Hall–Kier alpha value is -2.95. The Bertz CT molecular complexity index is 783. The fourth-order valence-electron chi connectivity index (χ4n) is 1.98.